The van der Waals surface area contributed by atoms with Gasteiger partial charge in [0.1, 0.15) is 11.6 Å². The monoisotopic (exact) mass is 349 g/mol. The highest BCUT2D eigenvalue weighted by atomic mass is 16.5. The maximum atomic E-state index is 5.38. The quantitative estimate of drug-likeness (QED) is 0.509. The van der Waals surface area contributed by atoms with Gasteiger partial charge in [-0.1, -0.05) is 25.9 Å². The number of fused-ring (bicyclic) bond motifs is 1. The summed E-state index contributed by atoms with van der Waals surface area (Å²) in [6.07, 6.45) is 3.45. The Morgan fingerprint density at radius 2 is 1.92 bits per heavy atom. The van der Waals surface area contributed by atoms with Crippen LogP contribution in [-0.2, 0) is 5.41 Å². The molecule has 8 nitrogen and oxygen atoms in total. The lowest BCUT2D eigenvalue weighted by Crippen LogP contribution is -2.09. The molecule has 132 valence electrons. The van der Waals surface area contributed by atoms with Gasteiger partial charge in [-0.05, 0) is 24.3 Å². The van der Waals surface area contributed by atoms with E-state index >= 15 is 0 Å². The molecule has 0 atom stereocenters. The van der Waals surface area contributed by atoms with Crippen LogP contribution in [0.25, 0.3) is 10.9 Å². The van der Waals surface area contributed by atoms with Crippen molar-refractivity contribution in [2.45, 2.75) is 26.2 Å². The molecular formula is C18H19N7O. The van der Waals surface area contributed by atoms with Crippen molar-refractivity contribution in [1.82, 2.24) is 25.3 Å². The van der Waals surface area contributed by atoms with Crippen LogP contribution in [0.5, 0.6) is 0 Å². The Morgan fingerprint density at radius 3 is 2.73 bits per heavy atom. The first-order chi connectivity index (χ1) is 12.5. The maximum Gasteiger partial charge on any atom is 0.229 e. The summed E-state index contributed by atoms with van der Waals surface area (Å²) in [5, 5.41) is 18.3. The van der Waals surface area contributed by atoms with Gasteiger partial charge in [-0.2, -0.15) is 10.1 Å². The summed E-state index contributed by atoms with van der Waals surface area (Å²) in [6, 6.07) is 9.53. The molecule has 3 heterocycles. The van der Waals surface area contributed by atoms with E-state index in [1.165, 1.54) is 0 Å². The number of rotatable bonds is 4. The SMILES string of the molecule is CC(C)(C)c1cc(Nc2ccnc(Nc3ccc4[nH]ncc4c3)n2)no1. The van der Waals surface area contributed by atoms with Crippen LogP contribution in [-0.4, -0.2) is 25.3 Å². The minimum Gasteiger partial charge on any atom is -0.359 e. The standard InChI is InChI=1S/C18H19N7O/c1-18(2,3)14-9-16(25-26-14)22-15-6-7-19-17(23-15)21-12-4-5-13-11(8-12)10-20-24-13/h4-10H,1-3H3,(H,20,24)(H2,19,21,22,23,25). The highest BCUT2D eigenvalue weighted by Gasteiger charge is 2.19. The topological polar surface area (TPSA) is 105 Å². The smallest absolute Gasteiger partial charge is 0.229 e. The van der Waals surface area contributed by atoms with E-state index in [0.717, 1.165) is 22.4 Å². The molecule has 0 amide bonds. The largest absolute Gasteiger partial charge is 0.359 e. The van der Waals surface area contributed by atoms with Crippen LogP contribution >= 0.6 is 0 Å². The van der Waals surface area contributed by atoms with Crippen LogP contribution in [0, 0.1) is 0 Å². The molecule has 0 fully saturated rings. The summed E-state index contributed by atoms with van der Waals surface area (Å²) in [5.41, 5.74) is 1.76. The van der Waals surface area contributed by atoms with E-state index in [1.807, 2.05) is 24.3 Å². The van der Waals surface area contributed by atoms with Gasteiger partial charge in [0.2, 0.25) is 5.95 Å². The Balaban J connectivity index is 1.51. The van der Waals surface area contributed by atoms with Crippen LogP contribution in [0.15, 0.2) is 47.2 Å². The van der Waals surface area contributed by atoms with Crippen molar-refractivity contribution in [3.63, 3.8) is 0 Å². The molecule has 3 aromatic heterocycles. The first-order valence-electron chi connectivity index (χ1n) is 8.25. The number of aromatic amines is 1. The summed E-state index contributed by atoms with van der Waals surface area (Å²) in [7, 11) is 0. The molecule has 0 saturated carbocycles. The van der Waals surface area contributed by atoms with Gasteiger partial charge < -0.3 is 15.2 Å². The number of aromatic nitrogens is 5. The van der Waals surface area contributed by atoms with Crippen LogP contribution in [0.4, 0.5) is 23.3 Å². The molecule has 0 aliphatic rings. The normalized spacial score (nSPS) is 11.7. The molecule has 3 N–H and O–H groups in total. The zero-order valence-electron chi connectivity index (χ0n) is 14.7. The summed E-state index contributed by atoms with van der Waals surface area (Å²) < 4.78 is 5.38. The Kier molecular flexibility index (Phi) is 3.80. The van der Waals surface area contributed by atoms with Crippen molar-refractivity contribution in [2.75, 3.05) is 10.6 Å². The molecule has 0 saturated heterocycles. The second-order valence-corrected chi connectivity index (χ2v) is 7.01. The van der Waals surface area contributed by atoms with Gasteiger partial charge >= 0.3 is 0 Å². The Bertz CT molecular complexity index is 1040. The molecule has 4 aromatic rings. The van der Waals surface area contributed by atoms with Gasteiger partial charge in [-0.25, -0.2) is 4.98 Å². The number of hydrogen-bond acceptors (Lipinski definition) is 7. The van der Waals surface area contributed by atoms with Crippen molar-refractivity contribution in [3.8, 4) is 0 Å². The van der Waals surface area contributed by atoms with Crippen molar-refractivity contribution in [2.24, 2.45) is 0 Å². The zero-order chi connectivity index (χ0) is 18.1. The van der Waals surface area contributed by atoms with Crippen LogP contribution in [0.3, 0.4) is 0 Å². The first kappa shape index (κ1) is 16.1. The van der Waals surface area contributed by atoms with Gasteiger partial charge in [0.25, 0.3) is 0 Å². The minimum absolute atomic E-state index is 0.100. The fraction of sp³-hybridized carbons (Fsp3) is 0.222. The van der Waals surface area contributed by atoms with E-state index in [-0.39, 0.29) is 5.41 Å². The van der Waals surface area contributed by atoms with E-state index in [0.29, 0.717) is 17.6 Å². The lowest BCUT2D eigenvalue weighted by atomic mass is 9.93. The number of nitrogens with one attached hydrogen (secondary N) is 3. The highest BCUT2D eigenvalue weighted by Crippen LogP contribution is 2.26. The Morgan fingerprint density at radius 1 is 1.04 bits per heavy atom. The van der Waals surface area contributed by atoms with Gasteiger partial charge in [-0.15, -0.1) is 0 Å². The Hall–Kier alpha value is -3.42. The molecule has 0 bridgehead atoms. The molecule has 0 aliphatic carbocycles. The number of hydrogen-bond donors (Lipinski definition) is 3. The number of anilines is 4. The second kappa shape index (κ2) is 6.14. The van der Waals surface area contributed by atoms with Gasteiger partial charge in [0.15, 0.2) is 5.82 Å². The molecule has 0 unspecified atom stereocenters. The predicted molar refractivity (Wildman–Crippen MR) is 99.9 cm³/mol. The fourth-order valence-corrected chi connectivity index (χ4v) is 2.46. The fourth-order valence-electron chi connectivity index (χ4n) is 2.46. The van der Waals surface area contributed by atoms with Crippen molar-refractivity contribution < 1.29 is 4.52 Å². The average Bonchev–Trinajstić information content (AvgIpc) is 3.23. The van der Waals surface area contributed by atoms with Crippen molar-refractivity contribution in [3.05, 3.63) is 48.5 Å². The van der Waals surface area contributed by atoms with Gasteiger partial charge in [0.05, 0.1) is 11.7 Å². The summed E-state index contributed by atoms with van der Waals surface area (Å²) in [6.45, 7) is 6.21. The molecule has 4 rings (SSSR count). The van der Waals surface area contributed by atoms with Gasteiger partial charge in [0, 0.05) is 28.8 Å². The minimum atomic E-state index is -0.100. The highest BCUT2D eigenvalue weighted by molar-refractivity contribution is 5.82. The molecule has 0 aliphatic heterocycles. The zero-order valence-corrected chi connectivity index (χ0v) is 14.7. The maximum absolute atomic E-state index is 5.38. The molecule has 26 heavy (non-hydrogen) atoms. The number of H-pyrrole nitrogens is 1. The molecular weight excluding hydrogens is 330 g/mol. The summed E-state index contributed by atoms with van der Waals surface area (Å²) in [5.74, 6) is 2.53. The molecule has 1 aromatic carbocycles. The lowest BCUT2D eigenvalue weighted by Gasteiger charge is -2.12. The van der Waals surface area contributed by atoms with E-state index in [1.54, 1.807) is 18.5 Å². The third kappa shape index (κ3) is 3.34. The summed E-state index contributed by atoms with van der Waals surface area (Å²) in [4.78, 5) is 8.72. The molecule has 0 spiro atoms. The van der Waals surface area contributed by atoms with Gasteiger partial charge in [-0.3, -0.25) is 5.10 Å². The molecule has 8 heteroatoms. The van der Waals surface area contributed by atoms with Crippen LogP contribution in [0.1, 0.15) is 26.5 Å². The first-order valence-corrected chi connectivity index (χ1v) is 8.25. The third-order valence-corrected chi connectivity index (χ3v) is 3.86. The predicted octanol–water partition coefficient (Wildman–Crippen LogP) is 4.13. The summed E-state index contributed by atoms with van der Waals surface area (Å²) >= 11 is 0. The van der Waals surface area contributed by atoms with Crippen molar-refractivity contribution >= 4 is 34.2 Å². The molecule has 0 radical (unpaired) electrons. The van der Waals surface area contributed by atoms with E-state index in [2.05, 4.69) is 56.7 Å². The Labute approximate surface area is 150 Å². The van der Waals surface area contributed by atoms with Crippen LogP contribution < -0.4 is 10.6 Å². The van der Waals surface area contributed by atoms with E-state index in [4.69, 9.17) is 4.52 Å². The lowest BCUT2D eigenvalue weighted by molar-refractivity contribution is 0.331. The second-order valence-electron chi connectivity index (χ2n) is 7.01. The number of nitrogens with zero attached hydrogens (tertiary/aromatic N) is 4. The average molecular weight is 349 g/mol. The third-order valence-electron chi connectivity index (χ3n) is 3.86. The van der Waals surface area contributed by atoms with E-state index in [9.17, 15) is 0 Å². The van der Waals surface area contributed by atoms with Crippen LogP contribution in [0.2, 0.25) is 0 Å². The van der Waals surface area contributed by atoms with Crippen molar-refractivity contribution in [1.29, 1.82) is 0 Å². The number of benzene rings is 1. The van der Waals surface area contributed by atoms with E-state index < -0.39 is 0 Å².